The standard InChI is InChI=1S/C11H14Cl2N2O3S/c1-3-4-9(16)15-11-7(12)5-8(19(14,17)18)6(2)10(11)13/h5H,3-4H2,1-2H3,(H,15,16)(H2,14,17,18). The second-order valence-electron chi connectivity index (χ2n) is 4.01. The number of nitrogens with two attached hydrogens (primary N) is 1. The van der Waals surface area contributed by atoms with E-state index in [4.69, 9.17) is 28.3 Å². The lowest BCUT2D eigenvalue weighted by Crippen LogP contribution is -2.16. The van der Waals surface area contributed by atoms with E-state index in [1.165, 1.54) is 13.0 Å². The van der Waals surface area contributed by atoms with Crippen molar-refractivity contribution in [2.75, 3.05) is 5.32 Å². The smallest absolute Gasteiger partial charge is 0.238 e. The average molecular weight is 325 g/mol. The summed E-state index contributed by atoms with van der Waals surface area (Å²) in [6, 6.07) is 1.18. The first-order valence-electron chi connectivity index (χ1n) is 5.49. The summed E-state index contributed by atoms with van der Waals surface area (Å²) in [5, 5.41) is 7.72. The molecule has 1 rings (SSSR count). The van der Waals surface area contributed by atoms with Crippen molar-refractivity contribution in [3.05, 3.63) is 21.7 Å². The van der Waals surface area contributed by atoms with E-state index < -0.39 is 10.0 Å². The molecule has 0 unspecified atom stereocenters. The van der Waals surface area contributed by atoms with Gasteiger partial charge < -0.3 is 5.32 Å². The Labute approximate surface area is 122 Å². The van der Waals surface area contributed by atoms with Crippen LogP contribution in [0.25, 0.3) is 0 Å². The molecule has 0 fully saturated rings. The minimum absolute atomic E-state index is 0.0316. The van der Waals surface area contributed by atoms with Crippen molar-refractivity contribution in [3.63, 3.8) is 0 Å². The maximum atomic E-state index is 11.5. The number of benzene rings is 1. The molecular formula is C11H14Cl2N2O3S. The monoisotopic (exact) mass is 324 g/mol. The third-order valence-corrected chi connectivity index (χ3v) is 4.27. The number of halogens is 2. The highest BCUT2D eigenvalue weighted by molar-refractivity contribution is 7.89. The molecule has 1 aromatic carbocycles. The second-order valence-corrected chi connectivity index (χ2v) is 6.33. The van der Waals surface area contributed by atoms with Crippen LogP contribution < -0.4 is 10.5 Å². The number of carbonyl (C=O) groups excluding carboxylic acids is 1. The van der Waals surface area contributed by atoms with Gasteiger partial charge in [-0.1, -0.05) is 30.1 Å². The summed E-state index contributed by atoms with van der Waals surface area (Å²) in [6.45, 7) is 3.35. The van der Waals surface area contributed by atoms with Gasteiger partial charge in [0, 0.05) is 6.42 Å². The Bertz CT molecular complexity index is 615. The van der Waals surface area contributed by atoms with Gasteiger partial charge in [-0.25, -0.2) is 13.6 Å². The first kappa shape index (κ1) is 16.2. The number of carbonyl (C=O) groups is 1. The summed E-state index contributed by atoms with van der Waals surface area (Å²) in [7, 11) is -3.92. The molecule has 0 atom stereocenters. The first-order valence-corrected chi connectivity index (χ1v) is 7.80. The minimum atomic E-state index is -3.92. The molecule has 19 heavy (non-hydrogen) atoms. The number of nitrogens with one attached hydrogen (secondary N) is 1. The summed E-state index contributed by atoms with van der Waals surface area (Å²) in [4.78, 5) is 11.4. The van der Waals surface area contributed by atoms with Gasteiger partial charge in [-0.2, -0.15) is 0 Å². The highest BCUT2D eigenvalue weighted by Crippen LogP contribution is 2.36. The summed E-state index contributed by atoms with van der Waals surface area (Å²) in [5.74, 6) is -0.242. The lowest BCUT2D eigenvalue weighted by Gasteiger charge is -2.13. The van der Waals surface area contributed by atoms with E-state index in [9.17, 15) is 13.2 Å². The molecule has 0 aliphatic heterocycles. The van der Waals surface area contributed by atoms with Crippen LogP contribution in [0.4, 0.5) is 5.69 Å². The van der Waals surface area contributed by atoms with E-state index in [1.54, 1.807) is 0 Å². The highest BCUT2D eigenvalue weighted by Gasteiger charge is 2.20. The number of sulfonamides is 1. The SMILES string of the molecule is CCCC(=O)Nc1c(Cl)cc(S(N)(=O)=O)c(C)c1Cl. The fraction of sp³-hybridized carbons (Fsp3) is 0.364. The molecule has 0 aliphatic carbocycles. The van der Waals surface area contributed by atoms with Gasteiger partial charge in [0.2, 0.25) is 15.9 Å². The average Bonchev–Trinajstić information content (AvgIpc) is 2.28. The number of amides is 1. The van der Waals surface area contributed by atoms with E-state index in [0.717, 1.165) is 0 Å². The van der Waals surface area contributed by atoms with Gasteiger partial charge in [-0.15, -0.1) is 0 Å². The predicted octanol–water partition coefficient (Wildman–Crippen LogP) is 2.69. The predicted molar refractivity (Wildman–Crippen MR) is 76.1 cm³/mol. The molecule has 0 heterocycles. The van der Waals surface area contributed by atoms with Gasteiger partial charge in [0.15, 0.2) is 0 Å². The Hall–Kier alpha value is -0.820. The van der Waals surface area contributed by atoms with E-state index in [-0.39, 0.29) is 32.1 Å². The normalized spacial score (nSPS) is 11.4. The van der Waals surface area contributed by atoms with Crippen molar-refractivity contribution in [1.82, 2.24) is 0 Å². The zero-order chi connectivity index (χ0) is 14.8. The number of hydrogen-bond donors (Lipinski definition) is 2. The highest BCUT2D eigenvalue weighted by atomic mass is 35.5. The van der Waals surface area contributed by atoms with Crippen LogP contribution in [-0.2, 0) is 14.8 Å². The van der Waals surface area contributed by atoms with Crippen LogP contribution in [0.2, 0.25) is 10.0 Å². The van der Waals surface area contributed by atoms with Crippen molar-refractivity contribution < 1.29 is 13.2 Å². The van der Waals surface area contributed by atoms with Gasteiger partial charge in [-0.05, 0) is 25.0 Å². The maximum absolute atomic E-state index is 11.5. The molecule has 1 amide bonds. The molecule has 8 heteroatoms. The zero-order valence-electron chi connectivity index (χ0n) is 10.5. The number of primary sulfonamides is 1. The molecule has 1 aromatic rings. The van der Waals surface area contributed by atoms with Crippen LogP contribution in [0.3, 0.4) is 0 Å². The number of hydrogen-bond acceptors (Lipinski definition) is 3. The lowest BCUT2D eigenvalue weighted by atomic mass is 10.2. The van der Waals surface area contributed by atoms with Gasteiger partial charge in [0.25, 0.3) is 0 Å². The molecule has 0 radical (unpaired) electrons. The zero-order valence-corrected chi connectivity index (χ0v) is 12.8. The second kappa shape index (κ2) is 6.09. The van der Waals surface area contributed by atoms with E-state index >= 15 is 0 Å². The Morgan fingerprint density at radius 2 is 2.00 bits per heavy atom. The minimum Gasteiger partial charge on any atom is -0.324 e. The first-order chi connectivity index (χ1) is 8.68. The Morgan fingerprint density at radius 1 is 1.42 bits per heavy atom. The molecule has 0 saturated carbocycles. The third kappa shape index (κ3) is 3.82. The van der Waals surface area contributed by atoms with Crippen molar-refractivity contribution in [1.29, 1.82) is 0 Å². The summed E-state index contributed by atoms with van der Waals surface area (Å²) >= 11 is 12.0. The Balaban J connectivity index is 3.31. The summed E-state index contributed by atoms with van der Waals surface area (Å²) in [5.41, 5.74) is 0.451. The molecule has 0 spiro atoms. The molecule has 3 N–H and O–H groups in total. The van der Waals surface area contributed by atoms with E-state index in [2.05, 4.69) is 5.32 Å². The van der Waals surface area contributed by atoms with Crippen LogP contribution in [0.15, 0.2) is 11.0 Å². The molecular weight excluding hydrogens is 311 g/mol. The summed E-state index contributed by atoms with van der Waals surface area (Å²) < 4.78 is 22.7. The van der Waals surface area contributed by atoms with Gasteiger partial charge in [0.05, 0.1) is 20.6 Å². The van der Waals surface area contributed by atoms with Crippen LogP contribution in [-0.4, -0.2) is 14.3 Å². The summed E-state index contributed by atoms with van der Waals surface area (Å²) in [6.07, 6.45) is 0.998. The fourth-order valence-corrected chi connectivity index (χ4v) is 3.02. The molecule has 106 valence electrons. The third-order valence-electron chi connectivity index (χ3n) is 2.46. The molecule has 0 aliphatic rings. The molecule has 0 bridgehead atoms. The Kier molecular flexibility index (Phi) is 5.20. The van der Waals surface area contributed by atoms with E-state index in [0.29, 0.717) is 12.8 Å². The van der Waals surface area contributed by atoms with Crippen LogP contribution in [0, 0.1) is 6.92 Å². The van der Waals surface area contributed by atoms with Gasteiger partial charge in [-0.3, -0.25) is 4.79 Å². The largest absolute Gasteiger partial charge is 0.324 e. The topological polar surface area (TPSA) is 89.3 Å². The van der Waals surface area contributed by atoms with Crippen molar-refractivity contribution in [2.45, 2.75) is 31.6 Å². The molecule has 0 aromatic heterocycles. The number of anilines is 1. The van der Waals surface area contributed by atoms with Crippen LogP contribution in [0.5, 0.6) is 0 Å². The van der Waals surface area contributed by atoms with Crippen molar-refractivity contribution in [2.24, 2.45) is 5.14 Å². The van der Waals surface area contributed by atoms with Crippen molar-refractivity contribution >= 4 is 44.8 Å². The maximum Gasteiger partial charge on any atom is 0.238 e. The van der Waals surface area contributed by atoms with E-state index in [1.807, 2.05) is 6.92 Å². The molecule has 0 saturated heterocycles. The number of rotatable bonds is 4. The quantitative estimate of drug-likeness (QED) is 0.892. The fourth-order valence-electron chi connectivity index (χ4n) is 1.54. The molecule has 5 nitrogen and oxygen atoms in total. The van der Waals surface area contributed by atoms with Crippen LogP contribution in [0.1, 0.15) is 25.3 Å². The van der Waals surface area contributed by atoms with Crippen molar-refractivity contribution in [3.8, 4) is 0 Å². The van der Waals surface area contributed by atoms with Crippen LogP contribution >= 0.6 is 23.2 Å². The lowest BCUT2D eigenvalue weighted by molar-refractivity contribution is -0.116. The van der Waals surface area contributed by atoms with Gasteiger partial charge >= 0.3 is 0 Å². The Morgan fingerprint density at radius 3 is 2.47 bits per heavy atom. The van der Waals surface area contributed by atoms with Gasteiger partial charge in [0.1, 0.15) is 0 Å².